The first-order valence-corrected chi connectivity index (χ1v) is 8.25. The van der Waals surface area contributed by atoms with E-state index in [0.717, 1.165) is 10.4 Å². The number of carbonyl (C=O) groups excluding carboxylic acids is 2. The Bertz CT molecular complexity index is 700. The zero-order valence-electron chi connectivity index (χ0n) is 12.7. The van der Waals surface area contributed by atoms with Crippen LogP contribution in [-0.4, -0.2) is 23.8 Å². The lowest BCUT2D eigenvalue weighted by Gasteiger charge is -2.24. The van der Waals surface area contributed by atoms with Gasteiger partial charge in [-0.15, -0.1) is 11.3 Å². The molecule has 2 aromatic rings. The maximum atomic E-state index is 13.1. The number of hydrogen-bond acceptors (Lipinski definition) is 3. The van der Waals surface area contributed by atoms with Gasteiger partial charge in [0, 0.05) is 18.3 Å². The first-order chi connectivity index (χ1) is 11.1. The van der Waals surface area contributed by atoms with Crippen molar-refractivity contribution in [3.63, 3.8) is 0 Å². The maximum absolute atomic E-state index is 13.1. The maximum Gasteiger partial charge on any atom is 0.226 e. The van der Waals surface area contributed by atoms with Crippen molar-refractivity contribution in [2.24, 2.45) is 5.92 Å². The summed E-state index contributed by atoms with van der Waals surface area (Å²) in [5, 5.41) is 4.85. The summed E-state index contributed by atoms with van der Waals surface area (Å²) in [5.74, 6) is -1.02. The van der Waals surface area contributed by atoms with E-state index in [1.165, 1.54) is 12.1 Å². The summed E-state index contributed by atoms with van der Waals surface area (Å²) in [5.41, 5.74) is 0.774. The number of thiophene rings is 1. The largest absolute Gasteiger partial charge is 0.351 e. The minimum Gasteiger partial charge on any atom is -0.351 e. The predicted octanol–water partition coefficient (Wildman–Crippen LogP) is 2.72. The van der Waals surface area contributed by atoms with E-state index in [1.54, 1.807) is 35.4 Å². The van der Waals surface area contributed by atoms with Gasteiger partial charge in [0.2, 0.25) is 11.8 Å². The third-order valence-electron chi connectivity index (χ3n) is 4.15. The molecular formula is C17H17FN2O2S. The van der Waals surface area contributed by atoms with Crippen molar-refractivity contribution >= 4 is 23.2 Å². The van der Waals surface area contributed by atoms with Gasteiger partial charge in [-0.1, -0.05) is 18.2 Å². The number of rotatable bonds is 4. The number of likely N-dealkylation sites (tertiary alicyclic amines) is 1. The lowest BCUT2D eigenvalue weighted by molar-refractivity contribution is -0.128. The van der Waals surface area contributed by atoms with Crippen LogP contribution in [0.4, 0.5) is 4.39 Å². The van der Waals surface area contributed by atoms with Gasteiger partial charge >= 0.3 is 0 Å². The molecule has 0 unspecified atom stereocenters. The van der Waals surface area contributed by atoms with E-state index in [-0.39, 0.29) is 30.1 Å². The molecule has 1 aliphatic rings. The fraction of sp³-hybridized carbons (Fsp3) is 0.294. The summed E-state index contributed by atoms with van der Waals surface area (Å²) in [4.78, 5) is 27.2. The van der Waals surface area contributed by atoms with E-state index < -0.39 is 5.92 Å². The zero-order chi connectivity index (χ0) is 16.4. The molecule has 6 heteroatoms. The van der Waals surface area contributed by atoms with E-state index in [2.05, 4.69) is 5.32 Å². The van der Waals surface area contributed by atoms with Crippen molar-refractivity contribution < 1.29 is 14.0 Å². The molecule has 1 aromatic heterocycles. The van der Waals surface area contributed by atoms with Crippen molar-refractivity contribution in [1.82, 2.24) is 10.2 Å². The molecule has 1 saturated heterocycles. The van der Waals surface area contributed by atoms with Gasteiger partial charge in [-0.05, 0) is 29.1 Å². The molecule has 120 valence electrons. The number of nitrogens with one attached hydrogen (secondary N) is 1. The summed E-state index contributed by atoms with van der Waals surface area (Å²) < 4.78 is 13.1. The first-order valence-electron chi connectivity index (χ1n) is 7.37. The number of carbonyl (C=O) groups is 2. The second-order valence-electron chi connectivity index (χ2n) is 5.61. The lowest BCUT2D eigenvalue weighted by atomic mass is 9.93. The lowest BCUT2D eigenvalue weighted by Crippen LogP contribution is -2.34. The van der Waals surface area contributed by atoms with Gasteiger partial charge in [0.25, 0.3) is 0 Å². The van der Waals surface area contributed by atoms with Crippen molar-refractivity contribution in [2.45, 2.75) is 19.0 Å². The molecule has 0 radical (unpaired) electrons. The number of halogens is 1. The average molecular weight is 332 g/mol. The van der Waals surface area contributed by atoms with Crippen LogP contribution >= 0.6 is 11.3 Å². The Morgan fingerprint density at radius 1 is 1.35 bits per heavy atom. The smallest absolute Gasteiger partial charge is 0.226 e. The predicted molar refractivity (Wildman–Crippen MR) is 86.2 cm³/mol. The molecule has 1 N–H and O–H groups in total. The number of hydrogen-bond donors (Lipinski definition) is 1. The van der Waals surface area contributed by atoms with Crippen LogP contribution in [0.15, 0.2) is 41.8 Å². The van der Waals surface area contributed by atoms with Crippen molar-refractivity contribution in [2.75, 3.05) is 7.05 Å². The van der Waals surface area contributed by atoms with E-state index in [9.17, 15) is 14.0 Å². The Hall–Kier alpha value is -2.21. The zero-order valence-corrected chi connectivity index (χ0v) is 13.5. The number of nitrogens with zero attached hydrogens (tertiary/aromatic N) is 1. The molecule has 0 spiro atoms. The van der Waals surface area contributed by atoms with Crippen LogP contribution in [-0.2, 0) is 16.1 Å². The van der Waals surface area contributed by atoms with Gasteiger partial charge in [0.05, 0.1) is 18.5 Å². The SMILES string of the molecule is CN1C(=O)C[C@H](C(=O)NCc2cccs2)[C@H]1c1ccc(F)cc1. The molecule has 1 aromatic carbocycles. The Balaban J connectivity index is 1.76. The van der Waals surface area contributed by atoms with Crippen LogP contribution in [0.2, 0.25) is 0 Å². The highest BCUT2D eigenvalue weighted by molar-refractivity contribution is 7.09. The molecule has 2 atom stereocenters. The van der Waals surface area contributed by atoms with Gasteiger partial charge < -0.3 is 10.2 Å². The molecule has 2 amide bonds. The highest BCUT2D eigenvalue weighted by Crippen LogP contribution is 2.37. The molecule has 4 nitrogen and oxygen atoms in total. The average Bonchev–Trinajstić information content (AvgIpc) is 3.15. The summed E-state index contributed by atoms with van der Waals surface area (Å²) in [7, 11) is 1.68. The highest BCUT2D eigenvalue weighted by Gasteiger charge is 2.42. The van der Waals surface area contributed by atoms with Gasteiger partial charge in [0.15, 0.2) is 0 Å². The standard InChI is InChI=1S/C17H17FN2O2S/c1-20-15(21)9-14(16(20)11-4-6-12(18)7-5-11)17(22)19-10-13-3-2-8-23-13/h2-8,14,16H,9-10H2,1H3,(H,19,22)/t14-,16+/m0/s1. The van der Waals surface area contributed by atoms with E-state index >= 15 is 0 Å². The molecular weight excluding hydrogens is 315 g/mol. The number of amides is 2. The Morgan fingerprint density at radius 2 is 2.09 bits per heavy atom. The Labute approximate surface area is 137 Å². The van der Waals surface area contributed by atoms with Crippen LogP contribution < -0.4 is 5.32 Å². The molecule has 23 heavy (non-hydrogen) atoms. The monoisotopic (exact) mass is 332 g/mol. The van der Waals surface area contributed by atoms with E-state index in [4.69, 9.17) is 0 Å². The minimum absolute atomic E-state index is 0.0735. The summed E-state index contributed by atoms with van der Waals surface area (Å²) in [6.07, 6.45) is 0.175. The van der Waals surface area contributed by atoms with Crippen LogP contribution in [0.1, 0.15) is 22.9 Å². The summed E-state index contributed by atoms with van der Waals surface area (Å²) in [6.45, 7) is 0.459. The summed E-state index contributed by atoms with van der Waals surface area (Å²) >= 11 is 1.57. The normalized spacial score (nSPS) is 20.8. The Kier molecular flexibility index (Phi) is 4.43. The van der Waals surface area contributed by atoms with Gasteiger partial charge in [-0.2, -0.15) is 0 Å². The molecule has 0 saturated carbocycles. The topological polar surface area (TPSA) is 49.4 Å². The van der Waals surface area contributed by atoms with Crippen molar-refractivity contribution in [1.29, 1.82) is 0 Å². The van der Waals surface area contributed by atoms with Crippen LogP contribution in [0.5, 0.6) is 0 Å². The highest BCUT2D eigenvalue weighted by atomic mass is 32.1. The fourth-order valence-electron chi connectivity index (χ4n) is 2.94. The molecule has 0 aliphatic carbocycles. The third-order valence-corrected chi connectivity index (χ3v) is 5.03. The molecule has 1 fully saturated rings. The Morgan fingerprint density at radius 3 is 2.74 bits per heavy atom. The molecule has 1 aliphatic heterocycles. The molecule has 3 rings (SSSR count). The first kappa shape index (κ1) is 15.7. The van der Waals surface area contributed by atoms with Gasteiger partial charge in [0.1, 0.15) is 5.82 Å². The second-order valence-corrected chi connectivity index (χ2v) is 6.64. The summed E-state index contributed by atoms with van der Waals surface area (Å²) in [6, 6.07) is 9.50. The quantitative estimate of drug-likeness (QED) is 0.936. The van der Waals surface area contributed by atoms with E-state index in [0.29, 0.717) is 6.54 Å². The number of benzene rings is 1. The van der Waals surface area contributed by atoms with Crippen molar-refractivity contribution in [3.8, 4) is 0 Å². The van der Waals surface area contributed by atoms with Gasteiger partial charge in [-0.3, -0.25) is 9.59 Å². The van der Waals surface area contributed by atoms with Gasteiger partial charge in [-0.25, -0.2) is 4.39 Å². The fourth-order valence-corrected chi connectivity index (χ4v) is 3.58. The van der Waals surface area contributed by atoms with Crippen molar-refractivity contribution in [3.05, 3.63) is 58.0 Å². The third kappa shape index (κ3) is 3.27. The van der Waals surface area contributed by atoms with E-state index in [1.807, 2.05) is 17.5 Å². The molecule has 2 heterocycles. The van der Waals surface area contributed by atoms with Crippen LogP contribution in [0, 0.1) is 11.7 Å². The van der Waals surface area contributed by atoms with Crippen LogP contribution in [0.25, 0.3) is 0 Å². The minimum atomic E-state index is -0.460. The van der Waals surface area contributed by atoms with Crippen LogP contribution in [0.3, 0.4) is 0 Å². The molecule has 0 bridgehead atoms. The second kappa shape index (κ2) is 6.50.